The third-order valence-corrected chi connectivity index (χ3v) is 4.35. The maximum atomic E-state index is 12.1. The molecule has 0 bridgehead atoms. The van der Waals surface area contributed by atoms with Crippen LogP contribution in [-0.4, -0.2) is 42.5 Å². The van der Waals surface area contributed by atoms with Gasteiger partial charge in [0.2, 0.25) is 5.91 Å². The highest BCUT2D eigenvalue weighted by molar-refractivity contribution is 9.10. The number of benzene rings is 1. The zero-order chi connectivity index (χ0) is 14.7. The lowest BCUT2D eigenvalue weighted by atomic mass is 10.2. The number of likely N-dealkylation sites (tertiary alicyclic amines) is 1. The van der Waals surface area contributed by atoms with Gasteiger partial charge in [-0.3, -0.25) is 4.79 Å². The fourth-order valence-electron chi connectivity index (χ4n) is 2.32. The maximum Gasteiger partial charge on any atom is 0.242 e. The van der Waals surface area contributed by atoms with E-state index in [2.05, 4.69) is 15.9 Å². The van der Waals surface area contributed by atoms with E-state index in [1.807, 2.05) is 35.0 Å². The Morgan fingerprint density at radius 3 is 2.65 bits per heavy atom. The number of carbonyl (C=O) groups excluding carboxylic acids is 1. The van der Waals surface area contributed by atoms with Gasteiger partial charge in [0, 0.05) is 30.2 Å². The van der Waals surface area contributed by atoms with E-state index in [1.165, 1.54) is 0 Å². The summed E-state index contributed by atoms with van der Waals surface area (Å²) in [6.45, 7) is 2.15. The summed E-state index contributed by atoms with van der Waals surface area (Å²) in [7, 11) is 1.91. The second-order valence-electron chi connectivity index (χ2n) is 4.97. The van der Waals surface area contributed by atoms with Gasteiger partial charge in [-0.05, 0) is 47.0 Å². The van der Waals surface area contributed by atoms with Crippen molar-refractivity contribution in [2.75, 3.05) is 31.6 Å². The average Bonchev–Trinajstić information content (AvgIpc) is 2.92. The number of nitrogens with two attached hydrogens (primary N) is 1. The average molecular weight is 356 g/mol. The molecule has 1 aliphatic rings. The van der Waals surface area contributed by atoms with Crippen molar-refractivity contribution in [2.45, 2.75) is 12.8 Å². The molecular formula is C14H18BrN3OS. The zero-order valence-electron chi connectivity index (χ0n) is 11.4. The molecule has 0 spiro atoms. The van der Waals surface area contributed by atoms with Crippen LogP contribution in [0.25, 0.3) is 0 Å². The van der Waals surface area contributed by atoms with Crippen molar-refractivity contribution in [1.29, 1.82) is 0 Å². The molecule has 1 heterocycles. The molecule has 4 nitrogen and oxygen atoms in total. The van der Waals surface area contributed by atoms with E-state index >= 15 is 0 Å². The van der Waals surface area contributed by atoms with Gasteiger partial charge in [-0.2, -0.15) is 0 Å². The fraction of sp³-hybridized carbons (Fsp3) is 0.429. The number of anilines is 1. The molecule has 0 atom stereocenters. The Morgan fingerprint density at radius 1 is 1.45 bits per heavy atom. The minimum absolute atomic E-state index is 0.176. The van der Waals surface area contributed by atoms with Gasteiger partial charge < -0.3 is 15.5 Å². The van der Waals surface area contributed by atoms with Gasteiger partial charge in [0.25, 0.3) is 0 Å². The Bertz CT molecular complexity index is 529. The normalized spacial score (nSPS) is 14.4. The Kier molecular flexibility index (Phi) is 4.99. The van der Waals surface area contributed by atoms with Crippen molar-refractivity contribution in [3.05, 3.63) is 28.2 Å². The second kappa shape index (κ2) is 6.54. The number of nitrogens with zero attached hydrogens (tertiary/aromatic N) is 2. The van der Waals surface area contributed by atoms with E-state index in [4.69, 9.17) is 18.0 Å². The molecule has 0 unspecified atom stereocenters. The van der Waals surface area contributed by atoms with Crippen molar-refractivity contribution in [2.24, 2.45) is 5.73 Å². The summed E-state index contributed by atoms with van der Waals surface area (Å²) in [6.07, 6.45) is 2.23. The van der Waals surface area contributed by atoms with E-state index in [-0.39, 0.29) is 5.91 Å². The number of halogens is 1. The van der Waals surface area contributed by atoms with Gasteiger partial charge in [-0.1, -0.05) is 12.2 Å². The molecule has 2 rings (SSSR count). The topological polar surface area (TPSA) is 49.6 Å². The molecule has 108 valence electrons. The molecule has 1 aliphatic heterocycles. The summed E-state index contributed by atoms with van der Waals surface area (Å²) in [4.78, 5) is 16.4. The Balaban J connectivity index is 2.06. The molecule has 20 heavy (non-hydrogen) atoms. The Labute approximate surface area is 133 Å². The highest BCUT2D eigenvalue weighted by atomic mass is 79.9. The molecule has 0 radical (unpaired) electrons. The predicted molar refractivity (Wildman–Crippen MR) is 89.1 cm³/mol. The summed E-state index contributed by atoms with van der Waals surface area (Å²) >= 11 is 8.46. The summed E-state index contributed by atoms with van der Waals surface area (Å²) in [6, 6.07) is 5.68. The van der Waals surface area contributed by atoms with Crippen LogP contribution in [0.15, 0.2) is 22.7 Å². The number of amides is 1. The number of carbonyl (C=O) groups is 1. The van der Waals surface area contributed by atoms with Crippen molar-refractivity contribution in [3.8, 4) is 0 Å². The summed E-state index contributed by atoms with van der Waals surface area (Å²) < 4.78 is 0.888. The largest absolute Gasteiger partial charge is 0.389 e. The molecular weight excluding hydrogens is 338 g/mol. The quantitative estimate of drug-likeness (QED) is 0.840. The van der Waals surface area contributed by atoms with Crippen LogP contribution in [-0.2, 0) is 4.79 Å². The fourth-order valence-corrected chi connectivity index (χ4v) is 3.13. The van der Waals surface area contributed by atoms with E-state index in [0.29, 0.717) is 11.5 Å². The summed E-state index contributed by atoms with van der Waals surface area (Å²) in [5.41, 5.74) is 7.38. The van der Waals surface area contributed by atoms with Crippen molar-refractivity contribution in [3.63, 3.8) is 0 Å². The molecule has 6 heteroatoms. The number of hydrogen-bond acceptors (Lipinski definition) is 3. The van der Waals surface area contributed by atoms with Crippen molar-refractivity contribution >= 4 is 44.7 Å². The number of likely N-dealkylation sites (N-methyl/N-ethyl adjacent to an activating group) is 1. The first-order valence-electron chi connectivity index (χ1n) is 6.57. The first-order chi connectivity index (χ1) is 9.49. The first kappa shape index (κ1) is 15.3. The number of rotatable bonds is 4. The van der Waals surface area contributed by atoms with Crippen LogP contribution < -0.4 is 10.6 Å². The second-order valence-corrected chi connectivity index (χ2v) is 6.27. The third-order valence-electron chi connectivity index (χ3n) is 3.47. The molecule has 1 aromatic carbocycles. The van der Waals surface area contributed by atoms with Crippen LogP contribution >= 0.6 is 28.1 Å². The van der Waals surface area contributed by atoms with Crippen LogP contribution in [0.2, 0.25) is 0 Å². The first-order valence-corrected chi connectivity index (χ1v) is 7.77. The van der Waals surface area contributed by atoms with E-state index in [1.54, 1.807) is 0 Å². The van der Waals surface area contributed by atoms with E-state index in [9.17, 15) is 4.79 Å². The molecule has 1 aromatic rings. The van der Waals surface area contributed by atoms with E-state index in [0.717, 1.165) is 41.7 Å². The lowest BCUT2D eigenvalue weighted by Gasteiger charge is -2.24. The maximum absolute atomic E-state index is 12.1. The SMILES string of the molecule is CN(CC(=O)N1CCCC1)c1ccc(C(N)=S)cc1Br. The van der Waals surface area contributed by atoms with E-state index < -0.39 is 0 Å². The van der Waals surface area contributed by atoms with Crippen molar-refractivity contribution < 1.29 is 4.79 Å². The number of thiocarbonyl (C=S) groups is 1. The lowest BCUT2D eigenvalue weighted by molar-refractivity contribution is -0.128. The van der Waals surface area contributed by atoms with Gasteiger partial charge in [0.15, 0.2) is 0 Å². The smallest absolute Gasteiger partial charge is 0.242 e. The molecule has 1 fully saturated rings. The minimum atomic E-state index is 0.176. The molecule has 2 N–H and O–H groups in total. The van der Waals surface area contributed by atoms with Crippen LogP contribution in [0.4, 0.5) is 5.69 Å². The van der Waals surface area contributed by atoms with Gasteiger partial charge >= 0.3 is 0 Å². The lowest BCUT2D eigenvalue weighted by Crippen LogP contribution is -2.37. The number of hydrogen-bond donors (Lipinski definition) is 1. The summed E-state index contributed by atoms with van der Waals surface area (Å²) in [5.74, 6) is 0.176. The van der Waals surface area contributed by atoms with Crippen LogP contribution in [0.5, 0.6) is 0 Å². The molecule has 0 saturated carbocycles. The highest BCUT2D eigenvalue weighted by Crippen LogP contribution is 2.26. The monoisotopic (exact) mass is 355 g/mol. The third kappa shape index (κ3) is 3.49. The Morgan fingerprint density at radius 2 is 2.10 bits per heavy atom. The molecule has 1 amide bonds. The summed E-state index contributed by atoms with van der Waals surface area (Å²) in [5, 5.41) is 0. The van der Waals surface area contributed by atoms with Gasteiger partial charge in [-0.25, -0.2) is 0 Å². The molecule has 1 saturated heterocycles. The van der Waals surface area contributed by atoms with Crippen LogP contribution in [0, 0.1) is 0 Å². The van der Waals surface area contributed by atoms with Gasteiger partial charge in [0.1, 0.15) is 4.99 Å². The molecule has 0 aromatic heterocycles. The van der Waals surface area contributed by atoms with Crippen LogP contribution in [0.1, 0.15) is 18.4 Å². The predicted octanol–water partition coefficient (Wildman–Crippen LogP) is 2.14. The van der Waals surface area contributed by atoms with Crippen LogP contribution in [0.3, 0.4) is 0 Å². The zero-order valence-corrected chi connectivity index (χ0v) is 13.8. The minimum Gasteiger partial charge on any atom is -0.389 e. The van der Waals surface area contributed by atoms with Gasteiger partial charge in [0.05, 0.1) is 12.2 Å². The highest BCUT2D eigenvalue weighted by Gasteiger charge is 2.20. The van der Waals surface area contributed by atoms with Crippen molar-refractivity contribution in [1.82, 2.24) is 4.90 Å². The molecule has 0 aliphatic carbocycles. The standard InChI is InChI=1S/C14H18BrN3OS/c1-17(9-13(19)18-6-2-3-7-18)12-5-4-10(14(16)20)8-11(12)15/h4-5,8H,2-3,6-7,9H2,1H3,(H2,16,20). The van der Waals surface area contributed by atoms with Gasteiger partial charge in [-0.15, -0.1) is 0 Å². The Hall–Kier alpha value is -1.14.